The maximum atomic E-state index is 12.5. The number of pyridine rings is 1. The fourth-order valence-corrected chi connectivity index (χ4v) is 4.26. The van der Waals surface area contributed by atoms with Gasteiger partial charge in [-0.05, 0) is 36.8 Å². The van der Waals surface area contributed by atoms with Crippen LogP contribution in [0.25, 0.3) is 0 Å². The number of nitrogens with zero attached hydrogens (tertiary/aromatic N) is 3. The maximum absolute atomic E-state index is 12.5. The highest BCUT2D eigenvalue weighted by Gasteiger charge is 2.25. The maximum Gasteiger partial charge on any atom is 0.233 e. The number of hydrogen-bond acceptors (Lipinski definition) is 5. The molecule has 0 saturated carbocycles. The van der Waals surface area contributed by atoms with Crippen molar-refractivity contribution in [2.24, 2.45) is 11.8 Å². The smallest absolute Gasteiger partial charge is 0.233 e. The largest absolute Gasteiger partial charge is 0.380 e. The predicted molar refractivity (Wildman–Crippen MR) is 94.7 cm³/mol. The average molecular weight is 347 g/mol. The highest BCUT2D eigenvalue weighted by Crippen LogP contribution is 2.26. The van der Waals surface area contributed by atoms with E-state index in [-0.39, 0.29) is 5.91 Å². The minimum absolute atomic E-state index is 0.124. The Morgan fingerprint density at radius 3 is 2.71 bits per heavy atom. The molecule has 2 rings (SSSR count). The summed E-state index contributed by atoms with van der Waals surface area (Å²) in [6, 6.07) is 4.07. The van der Waals surface area contributed by atoms with Crippen molar-refractivity contribution in [2.75, 3.05) is 26.0 Å². The van der Waals surface area contributed by atoms with E-state index in [1.165, 1.54) is 18.2 Å². The second-order valence-corrected chi connectivity index (χ2v) is 7.65. The summed E-state index contributed by atoms with van der Waals surface area (Å²) < 4.78 is 5.16. The minimum atomic E-state index is 0.124. The van der Waals surface area contributed by atoms with Crippen LogP contribution < -0.4 is 0 Å². The van der Waals surface area contributed by atoms with Gasteiger partial charge in [-0.15, -0.1) is 0 Å². The molecule has 2 atom stereocenters. The molecule has 0 bridgehead atoms. The molecule has 1 saturated heterocycles. The average Bonchev–Trinajstić information content (AvgIpc) is 2.51. The molecule has 0 N–H and O–H groups in total. The van der Waals surface area contributed by atoms with Crippen LogP contribution in [0.3, 0.4) is 0 Å². The van der Waals surface area contributed by atoms with E-state index in [9.17, 15) is 10.1 Å². The number of methoxy groups -OCH3 is 1. The van der Waals surface area contributed by atoms with E-state index in [1.807, 2.05) is 17.9 Å². The van der Waals surface area contributed by atoms with Gasteiger partial charge in [0.25, 0.3) is 0 Å². The quantitative estimate of drug-likeness (QED) is 0.766. The molecule has 24 heavy (non-hydrogen) atoms. The minimum Gasteiger partial charge on any atom is -0.380 e. The van der Waals surface area contributed by atoms with Crippen LogP contribution in [0, 0.1) is 30.1 Å². The van der Waals surface area contributed by atoms with Crippen LogP contribution in [-0.4, -0.2) is 41.7 Å². The number of aromatic nitrogens is 1. The lowest BCUT2D eigenvalue weighted by Gasteiger charge is -2.35. The first-order valence-corrected chi connectivity index (χ1v) is 9.23. The van der Waals surface area contributed by atoms with Crippen LogP contribution in [0.2, 0.25) is 0 Å². The van der Waals surface area contributed by atoms with Crippen LogP contribution in [0.15, 0.2) is 11.1 Å². The third-order valence-electron chi connectivity index (χ3n) is 4.16. The van der Waals surface area contributed by atoms with Crippen LogP contribution in [0.4, 0.5) is 0 Å². The molecule has 1 fully saturated rings. The lowest BCUT2D eigenvalue weighted by Crippen LogP contribution is -2.43. The number of ether oxygens (including phenoxy) is 1. The SMILES string of the molecule is COCc1cc(C)nc(SCC(=O)N2C[C@@H](C)C[C@H](C)C2)c1C#N. The molecule has 1 aromatic rings. The number of rotatable bonds is 5. The Labute approximate surface area is 148 Å². The lowest BCUT2D eigenvalue weighted by atomic mass is 9.92. The van der Waals surface area contributed by atoms with Gasteiger partial charge in [0.15, 0.2) is 0 Å². The van der Waals surface area contributed by atoms with Crippen LogP contribution in [0.1, 0.15) is 37.1 Å². The number of likely N-dealkylation sites (tertiary alicyclic amines) is 1. The van der Waals surface area contributed by atoms with E-state index in [4.69, 9.17) is 4.74 Å². The van der Waals surface area contributed by atoms with E-state index in [2.05, 4.69) is 24.9 Å². The van der Waals surface area contributed by atoms with Gasteiger partial charge in [-0.25, -0.2) is 4.98 Å². The number of hydrogen-bond donors (Lipinski definition) is 0. The Bertz CT molecular complexity index is 632. The molecule has 1 amide bonds. The first-order chi connectivity index (χ1) is 11.4. The Morgan fingerprint density at radius 2 is 2.12 bits per heavy atom. The number of carbonyl (C=O) groups is 1. The third-order valence-corrected chi connectivity index (χ3v) is 5.12. The predicted octanol–water partition coefficient (Wildman–Crippen LogP) is 3.00. The summed E-state index contributed by atoms with van der Waals surface area (Å²) in [5, 5.41) is 10.1. The number of thioether (sulfide) groups is 1. The molecule has 2 heterocycles. The van der Waals surface area contributed by atoms with Gasteiger partial charge in [0.1, 0.15) is 11.1 Å². The summed E-state index contributed by atoms with van der Waals surface area (Å²) in [5.41, 5.74) is 2.17. The van der Waals surface area contributed by atoms with Gasteiger partial charge in [0.05, 0.1) is 17.9 Å². The van der Waals surface area contributed by atoms with Crippen molar-refractivity contribution in [1.82, 2.24) is 9.88 Å². The second-order valence-electron chi connectivity index (χ2n) is 6.68. The number of piperidine rings is 1. The zero-order chi connectivity index (χ0) is 17.7. The highest BCUT2D eigenvalue weighted by atomic mass is 32.2. The molecule has 1 aliphatic heterocycles. The number of amides is 1. The first kappa shape index (κ1) is 18.8. The lowest BCUT2D eigenvalue weighted by molar-refractivity contribution is -0.130. The Morgan fingerprint density at radius 1 is 1.46 bits per heavy atom. The van der Waals surface area contributed by atoms with Crippen molar-refractivity contribution < 1.29 is 9.53 Å². The molecular weight excluding hydrogens is 322 g/mol. The van der Waals surface area contributed by atoms with Crippen molar-refractivity contribution >= 4 is 17.7 Å². The monoisotopic (exact) mass is 347 g/mol. The molecule has 0 spiro atoms. The molecular formula is C18H25N3O2S. The van der Waals surface area contributed by atoms with Gasteiger partial charge in [-0.1, -0.05) is 25.6 Å². The van der Waals surface area contributed by atoms with Crippen LogP contribution in [-0.2, 0) is 16.1 Å². The van der Waals surface area contributed by atoms with E-state index < -0.39 is 0 Å². The highest BCUT2D eigenvalue weighted by molar-refractivity contribution is 8.00. The van der Waals surface area contributed by atoms with Crippen molar-refractivity contribution in [3.63, 3.8) is 0 Å². The number of aryl methyl sites for hydroxylation is 1. The molecule has 1 aromatic heterocycles. The number of nitriles is 1. The molecule has 0 aromatic carbocycles. The van der Waals surface area contributed by atoms with Crippen molar-refractivity contribution in [3.05, 3.63) is 22.9 Å². The Hall–Kier alpha value is -1.58. The summed E-state index contributed by atoms with van der Waals surface area (Å²) in [5.74, 6) is 1.53. The molecule has 130 valence electrons. The summed E-state index contributed by atoms with van der Waals surface area (Å²) in [7, 11) is 1.60. The fourth-order valence-electron chi connectivity index (χ4n) is 3.29. The standard InChI is InChI=1S/C18H25N3O2S/c1-12-5-13(2)9-21(8-12)17(22)11-24-18-16(7-19)15(10-23-4)6-14(3)20-18/h6,12-13H,5,8-11H2,1-4H3/t12-,13-/m0/s1. The van der Waals surface area contributed by atoms with Crippen LogP contribution in [0.5, 0.6) is 0 Å². The topological polar surface area (TPSA) is 66.2 Å². The molecule has 0 unspecified atom stereocenters. The Balaban J connectivity index is 2.08. The van der Waals surface area contributed by atoms with Gasteiger partial charge >= 0.3 is 0 Å². The second kappa shape index (κ2) is 8.50. The van der Waals surface area contributed by atoms with Gasteiger partial charge < -0.3 is 9.64 Å². The zero-order valence-corrected chi connectivity index (χ0v) is 15.7. The van der Waals surface area contributed by atoms with Crippen LogP contribution >= 0.6 is 11.8 Å². The van der Waals surface area contributed by atoms with E-state index in [0.717, 1.165) is 24.3 Å². The molecule has 0 aliphatic carbocycles. The third kappa shape index (κ3) is 4.71. The van der Waals surface area contributed by atoms with Crippen molar-refractivity contribution in [3.8, 4) is 6.07 Å². The Kier molecular flexibility index (Phi) is 6.64. The van der Waals surface area contributed by atoms with Gasteiger partial charge in [0.2, 0.25) is 5.91 Å². The van der Waals surface area contributed by atoms with E-state index >= 15 is 0 Å². The summed E-state index contributed by atoms with van der Waals surface area (Å²) >= 11 is 1.35. The summed E-state index contributed by atoms with van der Waals surface area (Å²) in [4.78, 5) is 18.9. The van der Waals surface area contributed by atoms with Crippen molar-refractivity contribution in [1.29, 1.82) is 5.26 Å². The first-order valence-electron chi connectivity index (χ1n) is 8.24. The summed E-state index contributed by atoms with van der Waals surface area (Å²) in [6.07, 6.45) is 1.18. The fraction of sp³-hybridized carbons (Fsp3) is 0.611. The molecule has 5 nitrogen and oxygen atoms in total. The van der Waals surface area contributed by atoms with Crippen molar-refractivity contribution in [2.45, 2.75) is 38.8 Å². The molecule has 0 radical (unpaired) electrons. The molecule has 1 aliphatic rings. The van der Waals surface area contributed by atoms with Gasteiger partial charge in [0, 0.05) is 25.9 Å². The zero-order valence-electron chi connectivity index (χ0n) is 14.8. The number of carbonyl (C=O) groups excluding carboxylic acids is 1. The normalized spacial score (nSPS) is 20.7. The molecule has 6 heteroatoms. The summed E-state index contributed by atoms with van der Waals surface area (Å²) in [6.45, 7) is 8.29. The van der Waals surface area contributed by atoms with E-state index in [1.54, 1.807) is 7.11 Å². The van der Waals surface area contributed by atoms with Gasteiger partial charge in [-0.3, -0.25) is 4.79 Å². The van der Waals surface area contributed by atoms with E-state index in [0.29, 0.717) is 34.8 Å². The van der Waals surface area contributed by atoms with Gasteiger partial charge in [-0.2, -0.15) is 5.26 Å².